The molecule has 0 radical (unpaired) electrons. The Morgan fingerprint density at radius 2 is 1.78 bits per heavy atom. The van der Waals surface area contributed by atoms with E-state index in [4.69, 9.17) is 24.8 Å². The van der Waals surface area contributed by atoms with Crippen LogP contribution in [0.2, 0.25) is 0 Å². The molecule has 2 atom stereocenters. The molecular weight excluding hydrogens is 673 g/mol. The number of carbonyl (C=O) groups is 1. The van der Waals surface area contributed by atoms with Crippen molar-refractivity contribution >= 4 is 27.9 Å². The second-order valence-corrected chi connectivity index (χ2v) is 15.7. The molecule has 6 rings (SSSR count). The van der Waals surface area contributed by atoms with Gasteiger partial charge in [0.05, 0.1) is 49.7 Å². The second-order valence-electron chi connectivity index (χ2n) is 14.0. The third kappa shape index (κ3) is 8.68. The Kier molecular flexibility index (Phi) is 10.3. The number of piperidine rings is 1. The molecule has 4 N–H and O–H groups in total. The lowest BCUT2D eigenvalue weighted by Gasteiger charge is -2.33. The number of urea groups is 1. The molecule has 1 saturated heterocycles. The Bertz CT molecular complexity index is 2060. The molecule has 4 heterocycles. The van der Waals surface area contributed by atoms with Gasteiger partial charge in [-0.15, -0.1) is 0 Å². The number of hydrogen-bond acceptors (Lipinski definition) is 9. The zero-order valence-corrected chi connectivity index (χ0v) is 30.2. The Hall–Kier alpha value is -4.96. The molecule has 15 nitrogen and oxygen atoms in total. The van der Waals surface area contributed by atoms with Crippen molar-refractivity contribution in [1.82, 2.24) is 34.3 Å². The van der Waals surface area contributed by atoms with E-state index in [0.717, 1.165) is 55.4 Å². The minimum atomic E-state index is -3.57. The summed E-state index contributed by atoms with van der Waals surface area (Å²) in [4.78, 5) is 15.6. The summed E-state index contributed by atoms with van der Waals surface area (Å²) in [6.45, 7) is 7.88. The van der Waals surface area contributed by atoms with Gasteiger partial charge in [-0.05, 0) is 55.4 Å². The van der Waals surface area contributed by atoms with Crippen molar-refractivity contribution in [1.29, 1.82) is 10.8 Å². The van der Waals surface area contributed by atoms with Crippen molar-refractivity contribution in [2.24, 2.45) is 0 Å². The third-order valence-electron chi connectivity index (χ3n) is 9.03. The number of rotatable bonds is 9. The van der Waals surface area contributed by atoms with E-state index >= 15 is 0 Å². The van der Waals surface area contributed by atoms with E-state index in [-0.39, 0.29) is 42.2 Å². The van der Waals surface area contributed by atoms with Crippen LogP contribution in [-0.4, -0.2) is 75.4 Å². The van der Waals surface area contributed by atoms with E-state index in [1.807, 2.05) is 56.0 Å². The second kappa shape index (κ2) is 14.7. The standard InChI is InChI=1S/C35H46N10O5S/c1-35(2,3)30-20-32(45(41-30)24-21-38-43(22-24)18-19-49-51(4,47)48)40-34(46)39-28-13-14-29(27-11-7-6-10-26(27)28)50-25-12-15-31(36)44(23-25)33(37)42-16-8-5-9-17-42/h6-7,10-12,15,20-23,28-29,36-37H,5,8-9,13-14,16-19H2,1-4H3,(H2,39,40,46)/t28-,29?/m0/s1. The number of anilines is 1. The lowest BCUT2D eigenvalue weighted by atomic mass is 9.85. The highest BCUT2D eigenvalue weighted by atomic mass is 32.2. The number of nitrogens with one attached hydrogen (secondary N) is 4. The van der Waals surface area contributed by atoms with Gasteiger partial charge in [0, 0.05) is 24.6 Å². The van der Waals surface area contributed by atoms with Crippen molar-refractivity contribution in [3.8, 4) is 11.4 Å². The molecule has 4 aromatic rings. The zero-order valence-electron chi connectivity index (χ0n) is 29.4. The monoisotopic (exact) mass is 718 g/mol. The summed E-state index contributed by atoms with van der Waals surface area (Å²) in [5.41, 5.74) is 3.20. The normalized spacial score (nSPS) is 17.8. The van der Waals surface area contributed by atoms with Crippen LogP contribution >= 0.6 is 0 Å². The smallest absolute Gasteiger partial charge is 0.320 e. The summed E-state index contributed by atoms with van der Waals surface area (Å²) in [6.07, 6.45) is 10.3. The van der Waals surface area contributed by atoms with Crippen LogP contribution in [0.15, 0.2) is 61.1 Å². The maximum atomic E-state index is 13.6. The maximum absolute atomic E-state index is 13.6. The van der Waals surface area contributed by atoms with E-state index < -0.39 is 16.1 Å². The van der Waals surface area contributed by atoms with Crippen LogP contribution in [0.5, 0.6) is 5.75 Å². The van der Waals surface area contributed by atoms with Gasteiger partial charge in [-0.2, -0.15) is 18.6 Å². The molecule has 16 heteroatoms. The Balaban J connectivity index is 1.16. The lowest BCUT2D eigenvalue weighted by Crippen LogP contribution is -2.42. The maximum Gasteiger partial charge on any atom is 0.320 e. The van der Waals surface area contributed by atoms with Gasteiger partial charge in [0.25, 0.3) is 10.1 Å². The molecule has 2 amide bonds. The van der Waals surface area contributed by atoms with Gasteiger partial charge in [0.1, 0.15) is 28.8 Å². The number of carbonyl (C=O) groups excluding carboxylic acids is 1. The lowest BCUT2D eigenvalue weighted by molar-refractivity contribution is 0.171. The van der Waals surface area contributed by atoms with Gasteiger partial charge in [0.2, 0.25) is 5.96 Å². The van der Waals surface area contributed by atoms with Crippen LogP contribution in [0.25, 0.3) is 5.69 Å². The molecule has 1 fully saturated rings. The van der Waals surface area contributed by atoms with Crippen molar-refractivity contribution in [2.45, 2.75) is 77.0 Å². The van der Waals surface area contributed by atoms with Crippen LogP contribution in [0.3, 0.4) is 0 Å². The van der Waals surface area contributed by atoms with Crippen LogP contribution in [0, 0.1) is 10.8 Å². The van der Waals surface area contributed by atoms with Gasteiger partial charge >= 0.3 is 6.03 Å². The first kappa shape index (κ1) is 35.9. The van der Waals surface area contributed by atoms with E-state index in [0.29, 0.717) is 30.1 Å². The van der Waals surface area contributed by atoms with Crippen LogP contribution in [-0.2, 0) is 26.3 Å². The minimum Gasteiger partial charge on any atom is -0.484 e. The first-order chi connectivity index (χ1) is 24.2. The zero-order chi connectivity index (χ0) is 36.3. The number of pyridine rings is 1. The summed E-state index contributed by atoms with van der Waals surface area (Å²) in [6, 6.07) is 12.5. The average Bonchev–Trinajstić information content (AvgIpc) is 3.73. The minimum absolute atomic E-state index is 0.0600. The van der Waals surface area contributed by atoms with Gasteiger partial charge in [0.15, 0.2) is 0 Å². The summed E-state index contributed by atoms with van der Waals surface area (Å²) < 4.78 is 38.8. The molecule has 2 aliphatic rings. The predicted molar refractivity (Wildman–Crippen MR) is 192 cm³/mol. The Labute approximate surface area is 297 Å². The Morgan fingerprint density at radius 1 is 1.04 bits per heavy atom. The SMILES string of the molecule is CC(C)(C)c1cc(NC(=O)N[C@H]2CCC(Oc3ccc(=N)n(C(=N)N4CCCCC4)c3)c3ccccc32)n(-c2cnn(CCOS(C)(=O)=O)c2)n1. The molecule has 0 spiro atoms. The fourth-order valence-electron chi connectivity index (χ4n) is 6.38. The van der Waals surface area contributed by atoms with Gasteiger partial charge < -0.3 is 15.0 Å². The highest BCUT2D eigenvalue weighted by molar-refractivity contribution is 7.85. The topological polar surface area (TPSA) is 185 Å². The largest absolute Gasteiger partial charge is 0.484 e. The number of benzene rings is 1. The molecule has 1 aliphatic heterocycles. The third-order valence-corrected chi connectivity index (χ3v) is 9.62. The summed E-state index contributed by atoms with van der Waals surface area (Å²) in [5.74, 6) is 1.32. The van der Waals surface area contributed by atoms with E-state index in [9.17, 15) is 13.2 Å². The van der Waals surface area contributed by atoms with E-state index in [2.05, 4.69) is 15.7 Å². The molecule has 0 saturated carbocycles. The number of ether oxygens (including phenoxy) is 1. The molecule has 0 bridgehead atoms. The number of nitrogens with zero attached hydrogens (tertiary/aromatic N) is 6. The number of likely N-dealkylation sites (tertiary alicyclic amines) is 1. The van der Waals surface area contributed by atoms with E-state index in [1.165, 1.54) is 0 Å². The fraction of sp³-hybridized carbons (Fsp3) is 0.457. The van der Waals surface area contributed by atoms with Crippen molar-refractivity contribution in [3.63, 3.8) is 0 Å². The summed E-state index contributed by atoms with van der Waals surface area (Å²) >= 11 is 0. The number of amides is 2. The molecule has 3 aromatic heterocycles. The fourth-order valence-corrected chi connectivity index (χ4v) is 6.76. The number of aromatic nitrogens is 5. The van der Waals surface area contributed by atoms with E-state index in [1.54, 1.807) is 44.7 Å². The molecule has 272 valence electrons. The molecule has 1 unspecified atom stereocenters. The highest BCUT2D eigenvalue weighted by Crippen LogP contribution is 2.39. The van der Waals surface area contributed by atoms with Crippen molar-refractivity contribution in [3.05, 3.63) is 83.4 Å². The summed E-state index contributed by atoms with van der Waals surface area (Å²) in [5, 5.41) is 32.4. The molecule has 51 heavy (non-hydrogen) atoms. The first-order valence-corrected chi connectivity index (χ1v) is 19.0. The van der Waals surface area contributed by atoms with Crippen LogP contribution in [0.4, 0.5) is 10.6 Å². The average molecular weight is 719 g/mol. The Morgan fingerprint density at radius 3 is 2.51 bits per heavy atom. The molecule has 1 aromatic carbocycles. The van der Waals surface area contributed by atoms with Crippen LogP contribution < -0.4 is 20.9 Å². The predicted octanol–water partition coefficient (Wildman–Crippen LogP) is 4.67. The van der Waals surface area contributed by atoms with Gasteiger partial charge in [-0.25, -0.2) is 9.48 Å². The molecule has 1 aliphatic carbocycles. The quantitative estimate of drug-likeness (QED) is 0.109. The first-order valence-electron chi connectivity index (χ1n) is 17.2. The van der Waals surface area contributed by atoms with Gasteiger partial charge in [-0.1, -0.05) is 45.0 Å². The van der Waals surface area contributed by atoms with Crippen LogP contribution in [0.1, 0.15) is 81.8 Å². The number of fused-ring (bicyclic) bond motifs is 1. The van der Waals surface area contributed by atoms with Crippen molar-refractivity contribution in [2.75, 3.05) is 31.3 Å². The molecular formula is C35H46N10O5S. The summed E-state index contributed by atoms with van der Waals surface area (Å²) in [7, 11) is -3.57. The van der Waals surface area contributed by atoms with Gasteiger partial charge in [-0.3, -0.25) is 29.6 Å². The van der Waals surface area contributed by atoms with Crippen molar-refractivity contribution < 1.29 is 22.1 Å². The number of hydrogen-bond donors (Lipinski definition) is 4. The highest BCUT2D eigenvalue weighted by Gasteiger charge is 2.30.